The van der Waals surface area contributed by atoms with E-state index in [4.69, 9.17) is 0 Å². The van der Waals surface area contributed by atoms with Gasteiger partial charge >= 0.3 is 6.18 Å². The van der Waals surface area contributed by atoms with Crippen LogP contribution in [0.15, 0.2) is 97.2 Å². The molecule has 0 N–H and O–H groups in total. The number of hydrogen-bond acceptors (Lipinski definition) is 1. The van der Waals surface area contributed by atoms with Crippen molar-refractivity contribution in [2.75, 3.05) is 0 Å². The van der Waals surface area contributed by atoms with Crippen molar-refractivity contribution in [1.29, 1.82) is 0 Å². The highest BCUT2D eigenvalue weighted by Crippen LogP contribution is 2.42. The number of nitrogens with zero attached hydrogens (tertiary/aromatic N) is 2. The van der Waals surface area contributed by atoms with E-state index in [0.717, 1.165) is 16.7 Å². The van der Waals surface area contributed by atoms with Crippen LogP contribution in [0.4, 0.5) is 13.2 Å². The lowest BCUT2D eigenvalue weighted by Crippen LogP contribution is -2.38. The summed E-state index contributed by atoms with van der Waals surface area (Å²) < 4.78 is 42.2. The van der Waals surface area contributed by atoms with Gasteiger partial charge in [-0.3, -0.25) is 4.68 Å². The van der Waals surface area contributed by atoms with Crippen LogP contribution in [-0.4, -0.2) is 9.78 Å². The Kier molecular flexibility index (Phi) is 5.21. The summed E-state index contributed by atoms with van der Waals surface area (Å²) in [7, 11) is 0. The van der Waals surface area contributed by atoms with Crippen molar-refractivity contribution in [3.8, 4) is 0 Å². The minimum absolute atomic E-state index is 0.0577. The first kappa shape index (κ1) is 19.7. The zero-order valence-corrected chi connectivity index (χ0v) is 17.3. The van der Waals surface area contributed by atoms with E-state index in [0.29, 0.717) is 0 Å². The Balaban J connectivity index is 2.12. The van der Waals surface area contributed by atoms with Gasteiger partial charge in [0.15, 0.2) is 5.69 Å². The highest BCUT2D eigenvalue weighted by molar-refractivity contribution is 14.1. The molecule has 4 rings (SSSR count). The molecule has 1 aromatic heterocycles. The Labute approximate surface area is 180 Å². The van der Waals surface area contributed by atoms with Gasteiger partial charge in [0.1, 0.15) is 5.54 Å². The molecule has 0 atom stereocenters. The Hall–Kier alpha value is -2.61. The van der Waals surface area contributed by atoms with Gasteiger partial charge in [-0.15, -0.1) is 0 Å². The largest absolute Gasteiger partial charge is 0.436 e. The normalized spacial score (nSPS) is 12.1. The molecule has 29 heavy (non-hydrogen) atoms. The fourth-order valence-corrected chi connectivity index (χ4v) is 4.33. The summed E-state index contributed by atoms with van der Waals surface area (Å²) >= 11 is 1.70. The molecule has 2 nitrogen and oxygen atoms in total. The summed E-state index contributed by atoms with van der Waals surface area (Å²) in [5.74, 6) is 0. The van der Waals surface area contributed by atoms with Crippen LogP contribution in [0.1, 0.15) is 22.4 Å². The van der Waals surface area contributed by atoms with Gasteiger partial charge in [0.05, 0.1) is 3.57 Å². The number of alkyl halides is 3. The molecule has 0 amide bonds. The van der Waals surface area contributed by atoms with Gasteiger partial charge in [-0.2, -0.15) is 18.3 Å². The molecular formula is C23H16F3IN2. The Bertz CT molecular complexity index is 995. The van der Waals surface area contributed by atoms with Gasteiger partial charge < -0.3 is 0 Å². The summed E-state index contributed by atoms with van der Waals surface area (Å²) in [6.07, 6.45) is -3.06. The van der Waals surface area contributed by atoms with Crippen molar-refractivity contribution in [2.24, 2.45) is 0 Å². The maximum atomic E-state index is 13.6. The van der Waals surface area contributed by atoms with Crippen LogP contribution in [-0.2, 0) is 11.7 Å². The smallest absolute Gasteiger partial charge is 0.251 e. The molecule has 0 bridgehead atoms. The van der Waals surface area contributed by atoms with E-state index in [1.165, 1.54) is 10.9 Å². The van der Waals surface area contributed by atoms with Crippen LogP contribution in [0.2, 0.25) is 0 Å². The number of aromatic nitrogens is 2. The molecule has 6 heteroatoms. The molecule has 0 fully saturated rings. The maximum Gasteiger partial charge on any atom is 0.436 e. The van der Waals surface area contributed by atoms with Crippen LogP contribution in [0, 0.1) is 3.57 Å². The predicted octanol–water partition coefficient (Wildman–Crippen LogP) is 6.35. The third-order valence-electron chi connectivity index (χ3n) is 4.86. The molecule has 0 aliphatic rings. The van der Waals surface area contributed by atoms with Crippen molar-refractivity contribution >= 4 is 22.6 Å². The second-order valence-corrected chi connectivity index (χ2v) is 7.74. The summed E-state index contributed by atoms with van der Waals surface area (Å²) in [6.45, 7) is 0. The zero-order chi connectivity index (χ0) is 20.5. The highest BCUT2D eigenvalue weighted by Gasteiger charge is 2.43. The van der Waals surface area contributed by atoms with Gasteiger partial charge in [-0.05, 0) is 39.3 Å². The molecule has 0 aliphatic heterocycles. The average molecular weight is 504 g/mol. The summed E-state index contributed by atoms with van der Waals surface area (Å²) in [6, 6.07) is 28.5. The number of rotatable bonds is 4. The fraction of sp³-hybridized carbons (Fsp3) is 0.0870. The highest BCUT2D eigenvalue weighted by atomic mass is 127. The number of hydrogen-bond donors (Lipinski definition) is 0. The van der Waals surface area contributed by atoms with Gasteiger partial charge in [-0.25, -0.2) is 0 Å². The van der Waals surface area contributed by atoms with Crippen LogP contribution < -0.4 is 0 Å². The minimum Gasteiger partial charge on any atom is -0.251 e. The van der Waals surface area contributed by atoms with E-state index in [2.05, 4.69) is 5.10 Å². The van der Waals surface area contributed by atoms with E-state index in [9.17, 15) is 13.2 Å². The first-order valence-electron chi connectivity index (χ1n) is 8.93. The monoisotopic (exact) mass is 504 g/mol. The topological polar surface area (TPSA) is 17.8 Å². The van der Waals surface area contributed by atoms with E-state index in [1.807, 2.05) is 91.0 Å². The lowest BCUT2D eigenvalue weighted by atomic mass is 9.77. The molecule has 0 unspecified atom stereocenters. The first-order chi connectivity index (χ1) is 13.9. The maximum absolute atomic E-state index is 13.6. The SMILES string of the molecule is FC(F)(F)c1nn(C(c2ccccc2)(c2ccccc2)c2ccccc2)cc1I. The quantitative estimate of drug-likeness (QED) is 0.234. The number of halogens is 4. The second kappa shape index (κ2) is 7.67. The standard InChI is InChI=1S/C23H16F3IN2/c24-23(25,26)21-20(27)16-29(28-21)22(17-10-4-1-5-11-17,18-12-6-2-7-13-18)19-14-8-3-9-15-19/h1-16H. The van der Waals surface area contributed by atoms with Gasteiger partial charge in [0, 0.05) is 6.20 Å². The minimum atomic E-state index is -4.53. The van der Waals surface area contributed by atoms with Crippen molar-refractivity contribution in [1.82, 2.24) is 9.78 Å². The summed E-state index contributed by atoms with van der Waals surface area (Å²) in [4.78, 5) is 0. The Morgan fingerprint density at radius 2 is 1.03 bits per heavy atom. The molecule has 0 radical (unpaired) electrons. The molecule has 4 aromatic rings. The van der Waals surface area contributed by atoms with Crippen LogP contribution in [0.3, 0.4) is 0 Å². The van der Waals surface area contributed by atoms with Crippen molar-refractivity contribution < 1.29 is 13.2 Å². The molecule has 0 aliphatic carbocycles. The average Bonchev–Trinajstić information content (AvgIpc) is 3.13. The third-order valence-corrected chi connectivity index (χ3v) is 5.65. The van der Waals surface area contributed by atoms with Gasteiger partial charge in [0.2, 0.25) is 0 Å². The van der Waals surface area contributed by atoms with Crippen LogP contribution in [0.5, 0.6) is 0 Å². The zero-order valence-electron chi connectivity index (χ0n) is 15.1. The first-order valence-corrected chi connectivity index (χ1v) is 10.0. The molecule has 0 saturated carbocycles. The van der Waals surface area contributed by atoms with Crippen molar-refractivity contribution in [3.05, 3.63) is 123 Å². The Morgan fingerprint density at radius 1 is 0.655 bits per heavy atom. The second-order valence-electron chi connectivity index (χ2n) is 6.58. The Morgan fingerprint density at radius 3 is 1.34 bits per heavy atom. The molecule has 146 valence electrons. The number of benzene rings is 3. The van der Waals surface area contributed by atoms with Crippen LogP contribution in [0.25, 0.3) is 0 Å². The predicted molar refractivity (Wildman–Crippen MR) is 115 cm³/mol. The van der Waals surface area contributed by atoms with Crippen molar-refractivity contribution in [2.45, 2.75) is 11.7 Å². The van der Waals surface area contributed by atoms with E-state index in [-0.39, 0.29) is 3.57 Å². The van der Waals surface area contributed by atoms with E-state index in [1.54, 1.807) is 22.6 Å². The third kappa shape index (κ3) is 3.46. The fourth-order valence-electron chi connectivity index (χ4n) is 3.65. The summed E-state index contributed by atoms with van der Waals surface area (Å²) in [5.41, 5.74) is 0.540. The van der Waals surface area contributed by atoms with Gasteiger partial charge in [-0.1, -0.05) is 91.0 Å². The summed E-state index contributed by atoms with van der Waals surface area (Å²) in [5, 5.41) is 4.07. The van der Waals surface area contributed by atoms with E-state index < -0.39 is 17.4 Å². The molecule has 0 saturated heterocycles. The molecule has 3 aromatic carbocycles. The molecule has 1 heterocycles. The van der Waals surface area contributed by atoms with Gasteiger partial charge in [0.25, 0.3) is 0 Å². The van der Waals surface area contributed by atoms with Crippen LogP contribution >= 0.6 is 22.6 Å². The molecule has 0 spiro atoms. The van der Waals surface area contributed by atoms with Crippen molar-refractivity contribution in [3.63, 3.8) is 0 Å². The molecular weight excluding hydrogens is 488 g/mol. The lowest BCUT2D eigenvalue weighted by molar-refractivity contribution is -0.142. The van der Waals surface area contributed by atoms with E-state index >= 15 is 0 Å². The lowest BCUT2D eigenvalue weighted by Gasteiger charge is -2.36.